The summed E-state index contributed by atoms with van der Waals surface area (Å²) in [5.41, 5.74) is 3.85. The van der Waals surface area contributed by atoms with Crippen molar-refractivity contribution in [1.82, 2.24) is 10.6 Å². The molecule has 0 aliphatic rings. The summed E-state index contributed by atoms with van der Waals surface area (Å²) in [6, 6.07) is -1.59. The van der Waals surface area contributed by atoms with Gasteiger partial charge in [0.25, 0.3) is 0 Å². The second-order valence-corrected chi connectivity index (χ2v) is 4.17. The molecule has 17 heavy (non-hydrogen) atoms. The lowest BCUT2D eigenvalue weighted by atomic mass is 9.87. The number of hydrogen-bond donors (Lipinski definition) is 4. The van der Waals surface area contributed by atoms with Crippen LogP contribution in [0.4, 0.5) is 4.79 Å². The number of carboxylic acids is 1. The molecule has 2 atom stereocenters. The van der Waals surface area contributed by atoms with Gasteiger partial charge in [-0.15, -0.1) is 0 Å². The number of hydrogen-bond acceptors (Lipinski definition) is 3. The minimum atomic E-state index is -1.01. The van der Waals surface area contributed by atoms with E-state index >= 15 is 0 Å². The van der Waals surface area contributed by atoms with Gasteiger partial charge in [-0.3, -0.25) is 9.59 Å². The molecule has 0 aliphatic carbocycles. The predicted octanol–water partition coefficient (Wildman–Crippen LogP) is -0.340. The van der Waals surface area contributed by atoms with Gasteiger partial charge in [0, 0.05) is 6.54 Å². The molecule has 0 bridgehead atoms. The van der Waals surface area contributed by atoms with Gasteiger partial charge >= 0.3 is 12.0 Å². The molecule has 0 aliphatic heterocycles. The Labute approximate surface area is 99.7 Å². The van der Waals surface area contributed by atoms with E-state index in [0.29, 0.717) is 6.42 Å². The Hall–Kier alpha value is -1.79. The van der Waals surface area contributed by atoms with Crippen molar-refractivity contribution in [3.63, 3.8) is 0 Å². The van der Waals surface area contributed by atoms with E-state index in [2.05, 4.69) is 10.6 Å². The van der Waals surface area contributed by atoms with Crippen molar-refractivity contribution in [3.8, 4) is 0 Å². The van der Waals surface area contributed by atoms with E-state index < -0.39 is 29.4 Å². The van der Waals surface area contributed by atoms with E-state index in [1.807, 2.05) is 0 Å². The van der Waals surface area contributed by atoms with Gasteiger partial charge in [0.2, 0.25) is 5.91 Å². The molecular formula is C10H19N3O4. The van der Waals surface area contributed by atoms with Crippen molar-refractivity contribution in [2.45, 2.75) is 33.2 Å². The highest BCUT2D eigenvalue weighted by Gasteiger charge is 2.31. The Bertz CT molecular complexity index is 319. The summed E-state index contributed by atoms with van der Waals surface area (Å²) in [6.45, 7) is 4.74. The molecular weight excluding hydrogens is 226 g/mol. The van der Waals surface area contributed by atoms with Gasteiger partial charge in [-0.25, -0.2) is 4.79 Å². The van der Waals surface area contributed by atoms with Crippen LogP contribution in [0.25, 0.3) is 0 Å². The largest absolute Gasteiger partial charge is 0.481 e. The fourth-order valence-electron chi connectivity index (χ4n) is 1.07. The molecule has 0 aromatic heterocycles. The summed E-state index contributed by atoms with van der Waals surface area (Å²) in [6.07, 6.45) is 0.389. The smallest absolute Gasteiger partial charge is 0.312 e. The number of nitrogens with one attached hydrogen (secondary N) is 2. The second kappa shape index (κ2) is 6.07. The molecule has 0 spiro atoms. The van der Waals surface area contributed by atoms with Crippen LogP contribution in [0.5, 0.6) is 0 Å². The third-order valence-electron chi connectivity index (χ3n) is 2.70. The summed E-state index contributed by atoms with van der Waals surface area (Å²) < 4.78 is 0. The lowest BCUT2D eigenvalue weighted by Gasteiger charge is -2.24. The molecule has 3 amide bonds. The third-order valence-corrected chi connectivity index (χ3v) is 2.70. The van der Waals surface area contributed by atoms with Gasteiger partial charge in [0.15, 0.2) is 0 Å². The number of primary amides is 1. The first-order valence-electron chi connectivity index (χ1n) is 5.30. The maximum atomic E-state index is 11.5. The second-order valence-electron chi connectivity index (χ2n) is 4.17. The summed E-state index contributed by atoms with van der Waals surface area (Å²) in [5.74, 6) is -1.44. The van der Waals surface area contributed by atoms with Gasteiger partial charge in [0.1, 0.15) is 6.04 Å². The summed E-state index contributed by atoms with van der Waals surface area (Å²) in [5, 5.41) is 13.7. The maximum Gasteiger partial charge on any atom is 0.312 e. The van der Waals surface area contributed by atoms with Crippen LogP contribution >= 0.6 is 0 Å². The van der Waals surface area contributed by atoms with Crippen LogP contribution in [0, 0.1) is 5.41 Å². The topological polar surface area (TPSA) is 122 Å². The highest BCUT2D eigenvalue weighted by Crippen LogP contribution is 2.19. The molecule has 0 saturated carbocycles. The molecule has 7 heteroatoms. The number of carbonyl (C=O) groups excluding carboxylic acids is 2. The number of urea groups is 1. The molecule has 0 heterocycles. The van der Waals surface area contributed by atoms with E-state index in [9.17, 15) is 14.4 Å². The summed E-state index contributed by atoms with van der Waals surface area (Å²) in [7, 11) is 0. The molecule has 0 saturated heterocycles. The quantitative estimate of drug-likeness (QED) is 0.511. The van der Waals surface area contributed by atoms with Crippen molar-refractivity contribution < 1.29 is 19.5 Å². The Morgan fingerprint density at radius 2 is 1.94 bits per heavy atom. The fraction of sp³-hybridized carbons (Fsp3) is 0.700. The Balaban J connectivity index is 4.32. The van der Waals surface area contributed by atoms with Crippen LogP contribution < -0.4 is 16.4 Å². The minimum absolute atomic E-state index is 0.00243. The Morgan fingerprint density at radius 3 is 2.29 bits per heavy atom. The van der Waals surface area contributed by atoms with E-state index in [0.717, 1.165) is 0 Å². The van der Waals surface area contributed by atoms with Gasteiger partial charge in [-0.05, 0) is 20.3 Å². The van der Waals surface area contributed by atoms with Crippen LogP contribution in [0.3, 0.4) is 0 Å². The standard InChI is InChI=1S/C10H19N3O4/c1-4-10(3,8(15)16)5-12-7(14)6(2)13-9(11)17/h6H,4-5H2,1-3H3,(H,12,14)(H,15,16)(H3,11,13,17). The zero-order valence-electron chi connectivity index (χ0n) is 10.2. The number of rotatable bonds is 6. The van der Waals surface area contributed by atoms with Crippen LogP contribution in [0.1, 0.15) is 27.2 Å². The van der Waals surface area contributed by atoms with Crippen molar-refractivity contribution in [2.24, 2.45) is 11.1 Å². The van der Waals surface area contributed by atoms with Crippen LogP contribution in [0.2, 0.25) is 0 Å². The summed E-state index contributed by atoms with van der Waals surface area (Å²) in [4.78, 5) is 33.0. The molecule has 2 unspecified atom stereocenters. The maximum absolute atomic E-state index is 11.5. The van der Waals surface area contributed by atoms with E-state index in [1.165, 1.54) is 6.92 Å². The number of amides is 3. The average molecular weight is 245 g/mol. The van der Waals surface area contributed by atoms with Gasteiger partial charge < -0.3 is 21.5 Å². The normalized spacial score (nSPS) is 15.5. The molecule has 5 N–H and O–H groups in total. The summed E-state index contributed by atoms with van der Waals surface area (Å²) >= 11 is 0. The van der Waals surface area contributed by atoms with E-state index in [1.54, 1.807) is 13.8 Å². The lowest BCUT2D eigenvalue weighted by Crippen LogP contribution is -2.49. The number of aliphatic carboxylic acids is 1. The zero-order chi connectivity index (χ0) is 13.6. The molecule has 7 nitrogen and oxygen atoms in total. The van der Waals surface area contributed by atoms with Crippen molar-refractivity contribution in [1.29, 1.82) is 0 Å². The molecule has 0 rings (SSSR count). The molecule has 0 aromatic rings. The zero-order valence-corrected chi connectivity index (χ0v) is 10.2. The Kier molecular flexibility index (Phi) is 5.43. The van der Waals surface area contributed by atoms with Crippen LogP contribution in [0.15, 0.2) is 0 Å². The van der Waals surface area contributed by atoms with Crippen molar-refractivity contribution >= 4 is 17.9 Å². The van der Waals surface area contributed by atoms with Gasteiger partial charge in [-0.1, -0.05) is 6.92 Å². The van der Waals surface area contributed by atoms with Gasteiger partial charge in [0.05, 0.1) is 5.41 Å². The van der Waals surface area contributed by atoms with Crippen LogP contribution in [-0.4, -0.2) is 35.6 Å². The monoisotopic (exact) mass is 245 g/mol. The first kappa shape index (κ1) is 15.2. The number of carbonyl (C=O) groups is 3. The highest BCUT2D eigenvalue weighted by atomic mass is 16.4. The highest BCUT2D eigenvalue weighted by molar-refractivity contribution is 5.86. The first-order valence-corrected chi connectivity index (χ1v) is 5.30. The van der Waals surface area contributed by atoms with Crippen LogP contribution in [-0.2, 0) is 9.59 Å². The third kappa shape index (κ3) is 4.71. The molecule has 98 valence electrons. The fourth-order valence-corrected chi connectivity index (χ4v) is 1.07. The van der Waals surface area contributed by atoms with E-state index in [-0.39, 0.29) is 6.54 Å². The Morgan fingerprint density at radius 1 is 1.41 bits per heavy atom. The average Bonchev–Trinajstić information content (AvgIpc) is 2.23. The molecule has 0 radical (unpaired) electrons. The lowest BCUT2D eigenvalue weighted by molar-refractivity contribution is -0.148. The van der Waals surface area contributed by atoms with E-state index in [4.69, 9.17) is 10.8 Å². The first-order chi connectivity index (χ1) is 7.73. The molecule has 0 fully saturated rings. The van der Waals surface area contributed by atoms with Gasteiger partial charge in [-0.2, -0.15) is 0 Å². The predicted molar refractivity (Wildman–Crippen MR) is 61.2 cm³/mol. The number of carboxylic acid groups (broad SMARTS) is 1. The van der Waals surface area contributed by atoms with Crippen molar-refractivity contribution in [2.75, 3.05) is 6.54 Å². The minimum Gasteiger partial charge on any atom is -0.481 e. The molecule has 0 aromatic carbocycles. The SMILES string of the molecule is CCC(C)(CNC(=O)C(C)NC(N)=O)C(=O)O. The van der Waals surface area contributed by atoms with Crippen molar-refractivity contribution in [3.05, 3.63) is 0 Å². The number of nitrogens with two attached hydrogens (primary N) is 1.